The Morgan fingerprint density at radius 3 is 2.52 bits per heavy atom. The van der Waals surface area contributed by atoms with Crippen molar-refractivity contribution in [3.63, 3.8) is 0 Å². The molecule has 27 heavy (non-hydrogen) atoms. The summed E-state index contributed by atoms with van der Waals surface area (Å²) in [5.41, 5.74) is 4.71. The summed E-state index contributed by atoms with van der Waals surface area (Å²) in [5.74, 6) is 0. The molecule has 1 saturated heterocycles. The van der Waals surface area contributed by atoms with Crippen LogP contribution in [-0.4, -0.2) is 34.7 Å². The molecule has 1 atom stereocenters. The summed E-state index contributed by atoms with van der Waals surface area (Å²) in [5, 5.41) is 11.8. The van der Waals surface area contributed by atoms with Crippen molar-refractivity contribution in [1.82, 2.24) is 20.4 Å². The second-order valence-corrected chi connectivity index (χ2v) is 7.51. The second-order valence-electron chi connectivity index (χ2n) is 7.08. The van der Waals surface area contributed by atoms with Crippen LogP contribution in [0.1, 0.15) is 30.0 Å². The van der Waals surface area contributed by atoms with Crippen molar-refractivity contribution in [3.05, 3.63) is 76.9 Å². The lowest BCUT2D eigenvalue weighted by molar-refractivity contribution is 0.238. The molecular formula is C22H25ClN4. The van der Waals surface area contributed by atoms with Crippen LogP contribution >= 0.6 is 11.6 Å². The van der Waals surface area contributed by atoms with E-state index in [1.807, 2.05) is 30.5 Å². The number of H-pyrrole nitrogens is 1. The molecule has 0 unspecified atom stereocenters. The van der Waals surface area contributed by atoms with E-state index in [2.05, 4.69) is 50.7 Å². The first-order valence-electron chi connectivity index (χ1n) is 9.59. The average molecular weight is 381 g/mol. The third kappa shape index (κ3) is 4.41. The van der Waals surface area contributed by atoms with E-state index in [1.165, 1.54) is 37.1 Å². The minimum atomic E-state index is 0.416. The molecule has 1 aliphatic heterocycles. The highest BCUT2D eigenvalue weighted by atomic mass is 35.5. The molecular weight excluding hydrogens is 356 g/mol. The molecule has 3 aromatic rings. The van der Waals surface area contributed by atoms with Crippen LogP contribution in [0.4, 0.5) is 0 Å². The Kier molecular flexibility index (Phi) is 5.87. The van der Waals surface area contributed by atoms with E-state index >= 15 is 0 Å². The molecule has 1 aromatic heterocycles. The fourth-order valence-corrected chi connectivity index (χ4v) is 3.97. The SMILES string of the molecule is Clc1ccc(-c2[nH]ncc2CNC[C@@H](c2ccccc2)N2CCCC2)cc1. The largest absolute Gasteiger partial charge is 0.311 e. The van der Waals surface area contributed by atoms with Crippen molar-refractivity contribution in [2.75, 3.05) is 19.6 Å². The lowest BCUT2D eigenvalue weighted by atomic mass is 10.0. The smallest absolute Gasteiger partial charge is 0.0695 e. The van der Waals surface area contributed by atoms with Crippen LogP contribution in [0.15, 0.2) is 60.8 Å². The highest BCUT2D eigenvalue weighted by Gasteiger charge is 2.23. The van der Waals surface area contributed by atoms with E-state index in [-0.39, 0.29) is 0 Å². The summed E-state index contributed by atoms with van der Waals surface area (Å²) in [7, 11) is 0. The van der Waals surface area contributed by atoms with Crippen LogP contribution in [0, 0.1) is 0 Å². The van der Waals surface area contributed by atoms with Crippen molar-refractivity contribution in [2.45, 2.75) is 25.4 Å². The first kappa shape index (κ1) is 18.2. The monoisotopic (exact) mass is 380 g/mol. The van der Waals surface area contributed by atoms with Crippen LogP contribution in [0.2, 0.25) is 5.02 Å². The first-order chi connectivity index (χ1) is 13.3. The number of nitrogens with one attached hydrogen (secondary N) is 2. The minimum absolute atomic E-state index is 0.416. The maximum absolute atomic E-state index is 6.01. The minimum Gasteiger partial charge on any atom is -0.311 e. The molecule has 0 radical (unpaired) electrons. The van der Waals surface area contributed by atoms with Crippen LogP contribution in [-0.2, 0) is 6.54 Å². The van der Waals surface area contributed by atoms with Crippen molar-refractivity contribution in [3.8, 4) is 11.3 Å². The zero-order valence-corrected chi connectivity index (χ0v) is 16.1. The number of aromatic amines is 1. The van der Waals surface area contributed by atoms with Crippen molar-refractivity contribution in [1.29, 1.82) is 0 Å². The Labute approximate surface area is 165 Å². The third-order valence-corrected chi connectivity index (χ3v) is 5.52. The Morgan fingerprint density at radius 2 is 1.78 bits per heavy atom. The van der Waals surface area contributed by atoms with Gasteiger partial charge in [-0.25, -0.2) is 0 Å². The summed E-state index contributed by atoms with van der Waals surface area (Å²) < 4.78 is 0. The Morgan fingerprint density at radius 1 is 1.04 bits per heavy atom. The van der Waals surface area contributed by atoms with Gasteiger partial charge in [0.05, 0.1) is 11.9 Å². The summed E-state index contributed by atoms with van der Waals surface area (Å²) >= 11 is 6.01. The number of nitrogens with zero attached hydrogens (tertiary/aromatic N) is 2. The molecule has 4 rings (SSSR count). The Balaban J connectivity index is 1.44. The zero-order chi connectivity index (χ0) is 18.5. The van der Waals surface area contributed by atoms with Crippen molar-refractivity contribution < 1.29 is 0 Å². The fourth-order valence-electron chi connectivity index (χ4n) is 3.84. The van der Waals surface area contributed by atoms with Gasteiger partial charge in [0.2, 0.25) is 0 Å². The van der Waals surface area contributed by atoms with Crippen molar-refractivity contribution >= 4 is 11.6 Å². The number of hydrogen-bond donors (Lipinski definition) is 2. The van der Waals surface area contributed by atoms with Gasteiger partial charge in [0.1, 0.15) is 0 Å². The molecule has 0 spiro atoms. The molecule has 2 N–H and O–H groups in total. The third-order valence-electron chi connectivity index (χ3n) is 5.27. The van der Waals surface area contributed by atoms with Gasteiger partial charge in [-0.1, -0.05) is 54.1 Å². The molecule has 140 valence electrons. The summed E-state index contributed by atoms with van der Waals surface area (Å²) in [6.07, 6.45) is 4.50. The maximum Gasteiger partial charge on any atom is 0.0695 e. The van der Waals surface area contributed by atoms with Gasteiger partial charge in [0, 0.05) is 29.7 Å². The summed E-state index contributed by atoms with van der Waals surface area (Å²) in [6.45, 7) is 4.08. The lowest BCUT2D eigenvalue weighted by Crippen LogP contribution is -2.34. The summed E-state index contributed by atoms with van der Waals surface area (Å²) in [6, 6.07) is 19.1. The van der Waals surface area contributed by atoms with Gasteiger partial charge in [0.25, 0.3) is 0 Å². The standard InChI is InChI=1S/C22H25ClN4/c23-20-10-8-18(9-11-20)22-19(15-25-26-22)14-24-16-21(27-12-4-5-13-27)17-6-2-1-3-7-17/h1-3,6-11,15,21,24H,4-5,12-14,16H2,(H,25,26)/t21-/m0/s1. The molecule has 1 aliphatic rings. The average Bonchev–Trinajstić information content (AvgIpc) is 3.39. The topological polar surface area (TPSA) is 44.0 Å². The highest BCUT2D eigenvalue weighted by Crippen LogP contribution is 2.26. The maximum atomic E-state index is 6.01. The Hall–Kier alpha value is -2.14. The van der Waals surface area contributed by atoms with Gasteiger partial charge in [-0.2, -0.15) is 5.10 Å². The molecule has 2 heterocycles. The van der Waals surface area contributed by atoms with E-state index < -0.39 is 0 Å². The van der Waals surface area contributed by atoms with Crippen molar-refractivity contribution in [2.24, 2.45) is 0 Å². The van der Waals surface area contributed by atoms with Gasteiger partial charge in [-0.3, -0.25) is 10.00 Å². The van der Waals surface area contributed by atoms with Gasteiger partial charge in [-0.05, 0) is 49.2 Å². The fraction of sp³-hybridized carbons (Fsp3) is 0.318. The number of hydrogen-bond acceptors (Lipinski definition) is 3. The van der Waals surface area contributed by atoms with Gasteiger partial charge in [0.15, 0.2) is 0 Å². The van der Waals surface area contributed by atoms with E-state index in [0.29, 0.717) is 6.04 Å². The van der Waals surface area contributed by atoms with E-state index in [1.54, 1.807) is 0 Å². The molecule has 2 aromatic carbocycles. The number of aromatic nitrogens is 2. The van der Waals surface area contributed by atoms with Crippen LogP contribution < -0.4 is 5.32 Å². The molecule has 0 aliphatic carbocycles. The van der Waals surface area contributed by atoms with E-state index in [0.717, 1.165) is 29.4 Å². The normalized spacial score (nSPS) is 15.9. The van der Waals surface area contributed by atoms with E-state index in [9.17, 15) is 0 Å². The lowest BCUT2D eigenvalue weighted by Gasteiger charge is -2.28. The molecule has 4 nitrogen and oxygen atoms in total. The number of halogens is 1. The predicted molar refractivity (Wildman–Crippen MR) is 111 cm³/mol. The predicted octanol–water partition coefficient (Wildman–Crippen LogP) is 4.66. The van der Waals surface area contributed by atoms with E-state index in [4.69, 9.17) is 11.6 Å². The molecule has 5 heteroatoms. The van der Waals surface area contributed by atoms with Crippen LogP contribution in [0.25, 0.3) is 11.3 Å². The number of rotatable bonds is 7. The van der Waals surface area contributed by atoms with Gasteiger partial charge < -0.3 is 5.32 Å². The highest BCUT2D eigenvalue weighted by molar-refractivity contribution is 6.30. The van der Waals surface area contributed by atoms with Crippen LogP contribution in [0.3, 0.4) is 0 Å². The number of benzene rings is 2. The Bertz CT molecular complexity index is 838. The molecule has 0 bridgehead atoms. The number of likely N-dealkylation sites (tertiary alicyclic amines) is 1. The van der Waals surface area contributed by atoms with Gasteiger partial charge in [-0.15, -0.1) is 0 Å². The molecule has 1 fully saturated rings. The quantitative estimate of drug-likeness (QED) is 0.626. The molecule has 0 amide bonds. The van der Waals surface area contributed by atoms with Gasteiger partial charge >= 0.3 is 0 Å². The molecule has 0 saturated carbocycles. The zero-order valence-electron chi connectivity index (χ0n) is 15.4. The second kappa shape index (κ2) is 8.70. The first-order valence-corrected chi connectivity index (χ1v) is 9.97. The van der Waals surface area contributed by atoms with Crippen LogP contribution in [0.5, 0.6) is 0 Å². The summed E-state index contributed by atoms with van der Waals surface area (Å²) in [4.78, 5) is 2.60.